The first-order chi connectivity index (χ1) is 12.0. The van der Waals surface area contributed by atoms with E-state index in [1.807, 2.05) is 0 Å². The van der Waals surface area contributed by atoms with Crippen molar-refractivity contribution in [1.82, 2.24) is 5.32 Å². The lowest BCUT2D eigenvalue weighted by molar-refractivity contribution is -0.143. The van der Waals surface area contributed by atoms with E-state index in [9.17, 15) is 14.4 Å². The van der Waals surface area contributed by atoms with Crippen molar-refractivity contribution in [3.05, 3.63) is 0 Å². The number of carboxylic acids is 2. The monoisotopic (exact) mass is 387 g/mol. The number of hydrogen-bond donors (Lipinski definition) is 3. The summed E-state index contributed by atoms with van der Waals surface area (Å²) in [6, 6.07) is -1.11. The van der Waals surface area contributed by atoms with Gasteiger partial charge in [0, 0.05) is 12.8 Å². The molecule has 152 valence electrons. The fraction of sp³-hybridized carbons (Fsp3) is 0.842. The van der Waals surface area contributed by atoms with E-state index in [0.717, 1.165) is 19.3 Å². The Hall–Kier alpha value is -1.06. The molecule has 0 aromatic carbocycles. The van der Waals surface area contributed by atoms with Crippen LogP contribution in [0.4, 0.5) is 0 Å². The maximum absolute atomic E-state index is 11.7. The molecular formula is C19H38AlNO5. The summed E-state index contributed by atoms with van der Waals surface area (Å²) < 4.78 is 0. The van der Waals surface area contributed by atoms with Crippen LogP contribution in [0.1, 0.15) is 96.8 Å². The van der Waals surface area contributed by atoms with Crippen LogP contribution in [-0.2, 0) is 14.4 Å². The third-order valence-corrected chi connectivity index (χ3v) is 4.29. The lowest BCUT2D eigenvalue weighted by Gasteiger charge is -2.13. The molecule has 0 unspecified atom stereocenters. The van der Waals surface area contributed by atoms with Crippen molar-refractivity contribution in [3.63, 3.8) is 0 Å². The minimum atomic E-state index is -1.19. The van der Waals surface area contributed by atoms with Crippen LogP contribution in [0.15, 0.2) is 0 Å². The lowest BCUT2D eigenvalue weighted by atomic mass is 10.0. The Bertz CT molecular complexity index is 390. The highest BCUT2D eigenvalue weighted by atomic mass is 27.0. The van der Waals surface area contributed by atoms with E-state index in [-0.39, 0.29) is 36.1 Å². The topological polar surface area (TPSA) is 104 Å². The summed E-state index contributed by atoms with van der Waals surface area (Å²) in [5.74, 6) is -2.56. The van der Waals surface area contributed by atoms with Crippen LogP contribution >= 0.6 is 0 Å². The molecule has 0 saturated heterocycles. The fourth-order valence-electron chi connectivity index (χ4n) is 2.74. The van der Waals surface area contributed by atoms with E-state index < -0.39 is 18.0 Å². The molecule has 0 aromatic rings. The Morgan fingerprint density at radius 2 is 1.23 bits per heavy atom. The number of amides is 1. The molecule has 1 amide bonds. The van der Waals surface area contributed by atoms with Crippen LogP contribution in [0.2, 0.25) is 0 Å². The average molecular weight is 387 g/mol. The van der Waals surface area contributed by atoms with Crippen LogP contribution in [-0.4, -0.2) is 51.5 Å². The van der Waals surface area contributed by atoms with Crippen molar-refractivity contribution in [2.75, 3.05) is 0 Å². The van der Waals surface area contributed by atoms with E-state index >= 15 is 0 Å². The predicted molar refractivity (Wildman–Crippen MR) is 107 cm³/mol. The summed E-state index contributed by atoms with van der Waals surface area (Å²) in [5, 5.41) is 20.0. The summed E-state index contributed by atoms with van der Waals surface area (Å²) in [6.45, 7) is 2.22. The third kappa shape index (κ3) is 17.8. The molecule has 0 bridgehead atoms. The van der Waals surface area contributed by atoms with Gasteiger partial charge in [0.25, 0.3) is 0 Å². The quantitative estimate of drug-likeness (QED) is 0.263. The molecule has 0 aromatic heterocycles. The van der Waals surface area contributed by atoms with Gasteiger partial charge in [-0.1, -0.05) is 71.1 Å². The van der Waals surface area contributed by atoms with Gasteiger partial charge in [-0.05, 0) is 12.8 Å². The Balaban J connectivity index is 0. The predicted octanol–water partition coefficient (Wildman–Crippen LogP) is 2.94. The van der Waals surface area contributed by atoms with E-state index in [1.54, 1.807) is 0 Å². The van der Waals surface area contributed by atoms with Gasteiger partial charge in [0.05, 0.1) is 0 Å². The van der Waals surface area contributed by atoms with Crippen molar-refractivity contribution in [1.29, 1.82) is 0 Å². The molecule has 6 nitrogen and oxygen atoms in total. The van der Waals surface area contributed by atoms with Gasteiger partial charge in [-0.25, -0.2) is 4.79 Å². The number of rotatable bonds is 17. The van der Waals surface area contributed by atoms with Crippen LogP contribution in [0.5, 0.6) is 0 Å². The van der Waals surface area contributed by atoms with E-state index in [2.05, 4.69) is 12.2 Å². The first kappa shape index (κ1) is 27.2. The van der Waals surface area contributed by atoms with Crippen LogP contribution < -0.4 is 5.32 Å². The zero-order valence-electron chi connectivity index (χ0n) is 15.6. The van der Waals surface area contributed by atoms with Crippen LogP contribution in [0, 0.1) is 0 Å². The maximum Gasteiger partial charge on any atom is 0.326 e. The second-order valence-corrected chi connectivity index (χ2v) is 6.68. The first-order valence-corrected chi connectivity index (χ1v) is 9.71. The molecule has 1 atom stereocenters. The SMILES string of the molecule is CCCCCCCCCCCCCC(=O)N[C@H](CCC(=O)O)C(=O)O.[AlH3]. The molecule has 0 radical (unpaired) electrons. The van der Waals surface area contributed by atoms with Gasteiger partial charge in [0.15, 0.2) is 17.4 Å². The van der Waals surface area contributed by atoms with Gasteiger partial charge in [0.2, 0.25) is 5.91 Å². The number of aliphatic carboxylic acids is 2. The summed E-state index contributed by atoms with van der Waals surface area (Å²) in [7, 11) is 0. The summed E-state index contributed by atoms with van der Waals surface area (Å²) in [4.78, 5) is 33.2. The highest BCUT2D eigenvalue weighted by Gasteiger charge is 2.20. The molecule has 0 aliphatic carbocycles. The Morgan fingerprint density at radius 1 is 0.769 bits per heavy atom. The summed E-state index contributed by atoms with van der Waals surface area (Å²) >= 11 is 0. The lowest BCUT2D eigenvalue weighted by Crippen LogP contribution is -2.41. The third-order valence-electron chi connectivity index (χ3n) is 4.29. The maximum atomic E-state index is 11.7. The number of carbonyl (C=O) groups excluding carboxylic acids is 1. The van der Waals surface area contributed by atoms with Crippen LogP contribution in [0.3, 0.4) is 0 Å². The highest BCUT2D eigenvalue weighted by molar-refractivity contribution is 5.83. The zero-order chi connectivity index (χ0) is 18.9. The number of hydrogen-bond acceptors (Lipinski definition) is 3. The molecule has 7 heteroatoms. The fourth-order valence-corrected chi connectivity index (χ4v) is 2.74. The first-order valence-electron chi connectivity index (χ1n) is 9.71. The van der Waals surface area contributed by atoms with Gasteiger partial charge < -0.3 is 15.5 Å². The smallest absolute Gasteiger partial charge is 0.326 e. The summed E-state index contributed by atoms with van der Waals surface area (Å²) in [6.07, 6.45) is 13.1. The Kier molecular flexibility index (Phi) is 19.6. The molecule has 0 spiro atoms. The molecule has 26 heavy (non-hydrogen) atoms. The standard InChI is InChI=1S/C19H35NO5.Al.3H/c1-2-3-4-5-6-7-8-9-10-11-12-13-17(21)20-16(19(24)25)14-15-18(22)23;;;;/h16H,2-15H2,1H3,(H,20,21)(H,22,23)(H,24,25);;;;/t16-;;;;/m1..../s1. The normalized spacial score (nSPS) is 11.4. The van der Waals surface area contributed by atoms with Crippen LogP contribution in [0.25, 0.3) is 0 Å². The second kappa shape index (κ2) is 18.7. The highest BCUT2D eigenvalue weighted by Crippen LogP contribution is 2.12. The Morgan fingerprint density at radius 3 is 1.65 bits per heavy atom. The van der Waals surface area contributed by atoms with Crippen molar-refractivity contribution in [2.24, 2.45) is 0 Å². The van der Waals surface area contributed by atoms with Crippen molar-refractivity contribution < 1.29 is 24.6 Å². The Labute approximate surface area is 168 Å². The van der Waals surface area contributed by atoms with Gasteiger partial charge >= 0.3 is 11.9 Å². The van der Waals surface area contributed by atoms with E-state index in [1.165, 1.54) is 51.4 Å². The molecule has 3 N–H and O–H groups in total. The number of carbonyl (C=O) groups is 3. The average Bonchev–Trinajstić information content (AvgIpc) is 2.56. The number of nitrogens with one attached hydrogen (secondary N) is 1. The molecule has 0 saturated carbocycles. The van der Waals surface area contributed by atoms with Crippen molar-refractivity contribution >= 4 is 35.2 Å². The summed E-state index contributed by atoms with van der Waals surface area (Å²) in [5.41, 5.74) is 0. The second-order valence-electron chi connectivity index (χ2n) is 6.68. The minimum absolute atomic E-state index is 0. The molecule has 0 aliphatic rings. The molecule has 0 fully saturated rings. The van der Waals surface area contributed by atoms with Gasteiger partial charge in [-0.15, -0.1) is 0 Å². The van der Waals surface area contributed by atoms with E-state index in [0.29, 0.717) is 6.42 Å². The number of unbranched alkanes of at least 4 members (excludes halogenated alkanes) is 10. The molecule has 0 heterocycles. The van der Waals surface area contributed by atoms with Gasteiger partial charge in [-0.3, -0.25) is 9.59 Å². The van der Waals surface area contributed by atoms with Gasteiger partial charge in [-0.2, -0.15) is 0 Å². The largest absolute Gasteiger partial charge is 0.481 e. The van der Waals surface area contributed by atoms with Crippen molar-refractivity contribution in [2.45, 2.75) is 103 Å². The van der Waals surface area contributed by atoms with Gasteiger partial charge in [0.1, 0.15) is 6.04 Å². The molecule has 0 aliphatic heterocycles. The minimum Gasteiger partial charge on any atom is -0.481 e. The molecule has 0 rings (SSSR count). The van der Waals surface area contributed by atoms with E-state index in [4.69, 9.17) is 10.2 Å². The molecular weight excluding hydrogens is 349 g/mol. The van der Waals surface area contributed by atoms with Crippen molar-refractivity contribution in [3.8, 4) is 0 Å². The zero-order valence-corrected chi connectivity index (χ0v) is 15.6. The number of carboxylic acid groups (broad SMARTS) is 2.